The first-order valence-electron chi connectivity index (χ1n) is 5.04. The summed E-state index contributed by atoms with van der Waals surface area (Å²) in [6, 6.07) is 3.67. The van der Waals surface area contributed by atoms with Gasteiger partial charge in [0.15, 0.2) is 0 Å². The zero-order chi connectivity index (χ0) is 11.9. The number of pyridine rings is 1. The van der Waals surface area contributed by atoms with Gasteiger partial charge >= 0.3 is 0 Å². The molecule has 0 spiro atoms. The van der Waals surface area contributed by atoms with Gasteiger partial charge in [-0.2, -0.15) is 0 Å². The van der Waals surface area contributed by atoms with Gasteiger partial charge in [0, 0.05) is 17.5 Å². The molecule has 0 radical (unpaired) electrons. The Kier molecular flexibility index (Phi) is 2.50. The van der Waals surface area contributed by atoms with Gasteiger partial charge < -0.3 is 5.73 Å². The fraction of sp³-hybridized carbons (Fsp3) is 0.250. The Hall–Kier alpha value is -1.71. The normalized spacial score (nSPS) is 11.3. The van der Waals surface area contributed by atoms with Gasteiger partial charge in [0.25, 0.3) is 0 Å². The van der Waals surface area contributed by atoms with E-state index in [1.54, 1.807) is 6.07 Å². The fourth-order valence-corrected chi connectivity index (χ4v) is 1.69. The quantitative estimate of drug-likeness (QED) is 0.804. The molecule has 0 aliphatic rings. The average molecular weight is 222 g/mol. The van der Waals surface area contributed by atoms with Gasteiger partial charge in [-0.15, -0.1) is 0 Å². The van der Waals surface area contributed by atoms with Gasteiger partial charge in [-0.05, 0) is 17.5 Å². The second-order valence-corrected chi connectivity index (χ2v) is 4.07. The summed E-state index contributed by atoms with van der Waals surface area (Å²) in [5.74, 6) is -0.771. The largest absolute Gasteiger partial charge is 0.383 e. The van der Waals surface area contributed by atoms with Crippen LogP contribution in [0.1, 0.15) is 25.3 Å². The number of anilines is 1. The van der Waals surface area contributed by atoms with E-state index in [9.17, 15) is 8.78 Å². The molecule has 2 rings (SSSR count). The maximum Gasteiger partial charge on any atom is 0.135 e. The molecule has 0 unspecified atom stereocenters. The van der Waals surface area contributed by atoms with E-state index in [4.69, 9.17) is 5.73 Å². The Balaban J connectivity index is 2.79. The average Bonchev–Trinajstić information content (AvgIpc) is 2.15. The molecule has 0 bridgehead atoms. The number of hydrogen-bond donors (Lipinski definition) is 1. The Labute approximate surface area is 92.1 Å². The van der Waals surface area contributed by atoms with Gasteiger partial charge in [-0.25, -0.2) is 13.8 Å². The van der Waals surface area contributed by atoms with Crippen LogP contribution in [0.2, 0.25) is 0 Å². The van der Waals surface area contributed by atoms with Gasteiger partial charge in [-0.3, -0.25) is 0 Å². The van der Waals surface area contributed by atoms with Crippen LogP contribution < -0.4 is 5.73 Å². The Bertz CT molecular complexity index is 550. The first-order valence-corrected chi connectivity index (χ1v) is 5.04. The number of nitrogen functional groups attached to an aromatic ring is 1. The molecule has 1 heterocycles. The van der Waals surface area contributed by atoms with Crippen molar-refractivity contribution < 1.29 is 8.78 Å². The van der Waals surface area contributed by atoms with Crippen molar-refractivity contribution in [3.63, 3.8) is 0 Å². The number of aromatic nitrogens is 1. The van der Waals surface area contributed by atoms with Crippen molar-refractivity contribution >= 4 is 16.7 Å². The van der Waals surface area contributed by atoms with Crippen molar-refractivity contribution in [1.82, 2.24) is 4.98 Å². The highest BCUT2D eigenvalue weighted by Gasteiger charge is 2.11. The minimum absolute atomic E-state index is 0.154. The number of rotatable bonds is 1. The molecule has 84 valence electrons. The molecule has 0 amide bonds. The number of halogens is 2. The van der Waals surface area contributed by atoms with Crippen LogP contribution in [0.5, 0.6) is 0 Å². The Morgan fingerprint density at radius 2 is 1.88 bits per heavy atom. The molecule has 0 aliphatic carbocycles. The van der Waals surface area contributed by atoms with Crippen LogP contribution in [0.25, 0.3) is 10.9 Å². The Morgan fingerprint density at radius 3 is 2.50 bits per heavy atom. The molecular weight excluding hydrogens is 210 g/mol. The molecule has 4 heteroatoms. The van der Waals surface area contributed by atoms with E-state index in [1.807, 2.05) is 13.8 Å². The molecule has 16 heavy (non-hydrogen) atoms. The van der Waals surface area contributed by atoms with Crippen LogP contribution in [0, 0.1) is 11.6 Å². The Morgan fingerprint density at radius 1 is 1.19 bits per heavy atom. The van der Waals surface area contributed by atoms with E-state index in [2.05, 4.69) is 4.98 Å². The lowest BCUT2D eigenvalue weighted by Gasteiger charge is -2.10. The topological polar surface area (TPSA) is 38.9 Å². The van der Waals surface area contributed by atoms with Crippen molar-refractivity contribution in [3.05, 3.63) is 35.4 Å². The molecule has 2 nitrogen and oxygen atoms in total. The van der Waals surface area contributed by atoms with Gasteiger partial charge in [0.2, 0.25) is 0 Å². The van der Waals surface area contributed by atoms with Gasteiger partial charge in [-0.1, -0.05) is 13.8 Å². The monoisotopic (exact) mass is 222 g/mol. The highest BCUT2D eigenvalue weighted by atomic mass is 19.1. The van der Waals surface area contributed by atoms with E-state index in [1.165, 1.54) is 6.07 Å². The summed E-state index contributed by atoms with van der Waals surface area (Å²) >= 11 is 0. The minimum Gasteiger partial charge on any atom is -0.383 e. The van der Waals surface area contributed by atoms with Crippen LogP contribution >= 0.6 is 0 Å². The summed E-state index contributed by atoms with van der Waals surface area (Å²) in [5.41, 5.74) is 6.76. The standard InChI is InChI=1S/C12H12F2N2/c1-6(2)8-5-9-10(14)3-7(13)4-11(9)16-12(8)15/h3-6H,1-2H3,(H2,15,16). The molecule has 0 saturated carbocycles. The summed E-state index contributed by atoms with van der Waals surface area (Å²) in [7, 11) is 0. The maximum atomic E-state index is 13.5. The van der Waals surface area contributed by atoms with Crippen LogP contribution in [-0.4, -0.2) is 4.98 Å². The molecule has 1 aromatic carbocycles. The third-order valence-corrected chi connectivity index (χ3v) is 2.53. The summed E-state index contributed by atoms with van der Waals surface area (Å²) in [5, 5.41) is 0.305. The van der Waals surface area contributed by atoms with E-state index >= 15 is 0 Å². The molecule has 0 aliphatic heterocycles. The summed E-state index contributed by atoms with van der Waals surface area (Å²) in [6.07, 6.45) is 0. The zero-order valence-electron chi connectivity index (χ0n) is 9.09. The van der Waals surface area contributed by atoms with Crippen LogP contribution in [0.15, 0.2) is 18.2 Å². The lowest BCUT2D eigenvalue weighted by atomic mass is 10.0. The first kappa shape index (κ1) is 10.8. The smallest absolute Gasteiger partial charge is 0.135 e. The van der Waals surface area contributed by atoms with E-state index in [-0.39, 0.29) is 11.4 Å². The van der Waals surface area contributed by atoms with Crippen LogP contribution in [-0.2, 0) is 0 Å². The van der Waals surface area contributed by atoms with Crippen molar-refractivity contribution in [2.75, 3.05) is 5.73 Å². The highest BCUT2D eigenvalue weighted by Crippen LogP contribution is 2.26. The predicted molar refractivity (Wildman–Crippen MR) is 60.2 cm³/mol. The minimum atomic E-state index is -0.644. The fourth-order valence-electron chi connectivity index (χ4n) is 1.69. The van der Waals surface area contributed by atoms with Gasteiger partial charge in [0.1, 0.15) is 17.5 Å². The van der Waals surface area contributed by atoms with E-state index in [0.717, 1.165) is 11.6 Å². The molecule has 0 atom stereocenters. The number of nitrogens with zero attached hydrogens (tertiary/aromatic N) is 1. The molecule has 0 saturated heterocycles. The maximum absolute atomic E-state index is 13.5. The van der Waals surface area contributed by atoms with Crippen LogP contribution in [0.3, 0.4) is 0 Å². The summed E-state index contributed by atoms with van der Waals surface area (Å²) in [4.78, 5) is 4.02. The number of hydrogen-bond acceptors (Lipinski definition) is 2. The third kappa shape index (κ3) is 1.71. The van der Waals surface area contributed by atoms with Crippen molar-refractivity contribution in [3.8, 4) is 0 Å². The molecular formula is C12H12F2N2. The highest BCUT2D eigenvalue weighted by molar-refractivity contribution is 5.82. The number of nitrogens with two attached hydrogens (primary N) is 1. The van der Waals surface area contributed by atoms with Crippen LogP contribution in [0.4, 0.5) is 14.6 Å². The lowest BCUT2D eigenvalue weighted by molar-refractivity contribution is 0.591. The lowest BCUT2D eigenvalue weighted by Crippen LogP contribution is -2.01. The zero-order valence-corrected chi connectivity index (χ0v) is 9.09. The van der Waals surface area contributed by atoms with Crippen molar-refractivity contribution in [2.45, 2.75) is 19.8 Å². The third-order valence-electron chi connectivity index (χ3n) is 2.53. The predicted octanol–water partition coefficient (Wildman–Crippen LogP) is 3.22. The summed E-state index contributed by atoms with van der Waals surface area (Å²) in [6.45, 7) is 3.89. The molecule has 2 aromatic rings. The van der Waals surface area contributed by atoms with Crippen molar-refractivity contribution in [1.29, 1.82) is 0 Å². The van der Waals surface area contributed by atoms with Crippen molar-refractivity contribution in [2.24, 2.45) is 0 Å². The molecule has 0 fully saturated rings. The second-order valence-electron chi connectivity index (χ2n) is 4.07. The number of benzene rings is 1. The van der Waals surface area contributed by atoms with Gasteiger partial charge in [0.05, 0.1) is 5.52 Å². The second kappa shape index (κ2) is 3.70. The SMILES string of the molecule is CC(C)c1cc2c(F)cc(F)cc2nc1N. The summed E-state index contributed by atoms with van der Waals surface area (Å²) < 4.78 is 26.5. The van der Waals surface area contributed by atoms with E-state index in [0.29, 0.717) is 11.2 Å². The van der Waals surface area contributed by atoms with E-state index < -0.39 is 11.6 Å². The molecule has 1 aromatic heterocycles. The molecule has 2 N–H and O–H groups in total. The number of fused-ring (bicyclic) bond motifs is 1. The first-order chi connectivity index (χ1) is 7.49.